The summed E-state index contributed by atoms with van der Waals surface area (Å²) >= 11 is 0. The number of rotatable bonds is 3. The van der Waals surface area contributed by atoms with Crippen molar-refractivity contribution >= 4 is 11.6 Å². The summed E-state index contributed by atoms with van der Waals surface area (Å²) in [6.07, 6.45) is 8.87. The molecule has 6 nitrogen and oxygen atoms in total. The van der Waals surface area contributed by atoms with Crippen LogP contribution in [0.3, 0.4) is 0 Å². The Kier molecular flexibility index (Phi) is 4.11. The summed E-state index contributed by atoms with van der Waals surface area (Å²) in [5.74, 6) is 1.01. The van der Waals surface area contributed by atoms with Crippen LogP contribution in [-0.2, 0) is 16.6 Å². The van der Waals surface area contributed by atoms with Gasteiger partial charge in [0.15, 0.2) is 0 Å². The van der Waals surface area contributed by atoms with Crippen molar-refractivity contribution in [2.24, 2.45) is 13.0 Å². The number of ether oxygens (including phenoxy) is 1. The first kappa shape index (κ1) is 15.1. The van der Waals surface area contributed by atoms with Gasteiger partial charge in [0.05, 0.1) is 17.9 Å². The minimum Gasteiger partial charge on any atom is -0.381 e. The van der Waals surface area contributed by atoms with E-state index >= 15 is 0 Å². The lowest BCUT2D eigenvalue weighted by atomic mass is 9.94. The molecule has 0 bridgehead atoms. The first-order valence-electron chi connectivity index (χ1n) is 8.85. The van der Waals surface area contributed by atoms with Crippen LogP contribution in [0.25, 0.3) is 0 Å². The van der Waals surface area contributed by atoms with Gasteiger partial charge in [0.2, 0.25) is 5.91 Å². The molecule has 1 amide bonds. The highest BCUT2D eigenvalue weighted by molar-refractivity contribution is 5.94. The van der Waals surface area contributed by atoms with Gasteiger partial charge in [-0.15, -0.1) is 0 Å². The summed E-state index contributed by atoms with van der Waals surface area (Å²) in [5, 5.41) is 4.25. The molecule has 1 aromatic rings. The van der Waals surface area contributed by atoms with Gasteiger partial charge in [0, 0.05) is 52.0 Å². The highest BCUT2D eigenvalue weighted by Gasteiger charge is 2.44. The van der Waals surface area contributed by atoms with E-state index in [9.17, 15) is 4.79 Å². The van der Waals surface area contributed by atoms with Gasteiger partial charge < -0.3 is 9.64 Å². The number of amides is 1. The molecular weight excluding hydrogens is 292 g/mol. The van der Waals surface area contributed by atoms with Gasteiger partial charge >= 0.3 is 0 Å². The van der Waals surface area contributed by atoms with Crippen LogP contribution in [0.4, 0.5) is 5.69 Å². The summed E-state index contributed by atoms with van der Waals surface area (Å²) in [6.45, 7) is 4.09. The van der Waals surface area contributed by atoms with Crippen molar-refractivity contribution in [1.29, 1.82) is 0 Å². The summed E-state index contributed by atoms with van der Waals surface area (Å²) in [6, 6.07) is 0.830. The third-order valence-electron chi connectivity index (χ3n) is 5.68. The minimum atomic E-state index is 0.257. The zero-order valence-electron chi connectivity index (χ0n) is 13.9. The number of likely N-dealkylation sites (tertiary alicyclic amines) is 1. The van der Waals surface area contributed by atoms with Crippen LogP contribution in [0.1, 0.15) is 32.1 Å². The van der Waals surface area contributed by atoms with E-state index in [0.29, 0.717) is 18.5 Å². The molecule has 0 aromatic carbocycles. The summed E-state index contributed by atoms with van der Waals surface area (Å²) in [4.78, 5) is 17.2. The highest BCUT2D eigenvalue weighted by Crippen LogP contribution is 2.35. The molecule has 4 heterocycles. The van der Waals surface area contributed by atoms with Crippen molar-refractivity contribution in [1.82, 2.24) is 14.7 Å². The number of nitrogens with zero attached hydrogens (tertiary/aromatic N) is 4. The van der Waals surface area contributed by atoms with E-state index in [1.165, 1.54) is 19.4 Å². The Morgan fingerprint density at radius 3 is 2.78 bits per heavy atom. The van der Waals surface area contributed by atoms with Crippen molar-refractivity contribution in [3.63, 3.8) is 0 Å². The van der Waals surface area contributed by atoms with E-state index in [4.69, 9.17) is 4.74 Å². The van der Waals surface area contributed by atoms with E-state index in [0.717, 1.165) is 44.2 Å². The molecular formula is C17H26N4O2. The van der Waals surface area contributed by atoms with E-state index < -0.39 is 0 Å². The monoisotopic (exact) mass is 318 g/mol. The van der Waals surface area contributed by atoms with Crippen LogP contribution in [0.2, 0.25) is 0 Å². The van der Waals surface area contributed by atoms with Crippen LogP contribution >= 0.6 is 0 Å². The molecule has 3 saturated heterocycles. The van der Waals surface area contributed by atoms with E-state index in [1.54, 1.807) is 4.68 Å². The summed E-state index contributed by atoms with van der Waals surface area (Å²) < 4.78 is 7.26. The normalized spacial score (nSPS) is 30.0. The number of anilines is 1. The van der Waals surface area contributed by atoms with Gasteiger partial charge in [-0.3, -0.25) is 14.4 Å². The van der Waals surface area contributed by atoms with Gasteiger partial charge in [-0.05, 0) is 31.6 Å². The molecule has 6 heteroatoms. The second-order valence-corrected chi connectivity index (χ2v) is 7.15. The van der Waals surface area contributed by atoms with Gasteiger partial charge in [0.1, 0.15) is 0 Å². The Morgan fingerprint density at radius 2 is 2.04 bits per heavy atom. The van der Waals surface area contributed by atoms with Crippen LogP contribution < -0.4 is 4.90 Å². The molecule has 3 aliphatic rings. The van der Waals surface area contributed by atoms with Crippen molar-refractivity contribution in [2.45, 2.75) is 44.2 Å². The highest BCUT2D eigenvalue weighted by atomic mass is 16.5. The fourth-order valence-electron chi connectivity index (χ4n) is 4.51. The van der Waals surface area contributed by atoms with E-state index in [-0.39, 0.29) is 5.91 Å². The first-order valence-corrected chi connectivity index (χ1v) is 8.85. The van der Waals surface area contributed by atoms with Crippen LogP contribution in [-0.4, -0.2) is 59.0 Å². The number of carbonyl (C=O) groups excluding carboxylic acids is 1. The predicted octanol–water partition coefficient (Wildman–Crippen LogP) is 1.42. The van der Waals surface area contributed by atoms with Gasteiger partial charge in [-0.2, -0.15) is 5.10 Å². The average Bonchev–Trinajstić information content (AvgIpc) is 3.15. The van der Waals surface area contributed by atoms with Gasteiger partial charge in [0.25, 0.3) is 0 Å². The average molecular weight is 318 g/mol. The minimum absolute atomic E-state index is 0.257. The Hall–Kier alpha value is -1.40. The molecule has 2 atom stereocenters. The number of hydrogen-bond donors (Lipinski definition) is 0. The van der Waals surface area contributed by atoms with Crippen LogP contribution in [0.15, 0.2) is 12.4 Å². The number of hydrogen-bond acceptors (Lipinski definition) is 4. The Morgan fingerprint density at radius 1 is 1.22 bits per heavy atom. The van der Waals surface area contributed by atoms with Crippen molar-refractivity contribution < 1.29 is 9.53 Å². The first-order chi connectivity index (χ1) is 11.2. The predicted molar refractivity (Wildman–Crippen MR) is 87.2 cm³/mol. The largest absolute Gasteiger partial charge is 0.381 e. The van der Waals surface area contributed by atoms with Crippen molar-refractivity contribution in [3.8, 4) is 0 Å². The fraction of sp³-hybridized carbons (Fsp3) is 0.765. The quantitative estimate of drug-likeness (QED) is 0.846. The molecule has 0 unspecified atom stereocenters. The Labute approximate surface area is 137 Å². The van der Waals surface area contributed by atoms with Crippen LogP contribution in [0.5, 0.6) is 0 Å². The number of aromatic nitrogens is 2. The number of aryl methyl sites for hydroxylation is 1. The maximum Gasteiger partial charge on any atom is 0.227 e. The lowest BCUT2D eigenvalue weighted by molar-refractivity contribution is -0.120. The molecule has 0 radical (unpaired) electrons. The summed E-state index contributed by atoms with van der Waals surface area (Å²) in [5.41, 5.74) is 0.958. The second-order valence-electron chi connectivity index (χ2n) is 7.15. The van der Waals surface area contributed by atoms with Crippen molar-refractivity contribution in [3.05, 3.63) is 12.4 Å². The molecule has 0 saturated carbocycles. The zero-order chi connectivity index (χ0) is 15.8. The van der Waals surface area contributed by atoms with Crippen molar-refractivity contribution in [2.75, 3.05) is 31.2 Å². The molecule has 3 fully saturated rings. The maximum atomic E-state index is 12.5. The standard InChI is InChI=1S/C17H26N4O2/c1-19-12-14(10-18-19)21-16-4-7-20(15(16)2-3-17(21)22)11-13-5-8-23-9-6-13/h10,12-13,15-16H,2-9,11H2,1H3/t15-,16-/m1/s1. The van der Waals surface area contributed by atoms with E-state index in [1.807, 2.05) is 24.3 Å². The molecule has 0 N–H and O–H groups in total. The zero-order valence-corrected chi connectivity index (χ0v) is 13.9. The Balaban J connectivity index is 1.48. The molecule has 3 aliphatic heterocycles. The molecule has 0 aliphatic carbocycles. The van der Waals surface area contributed by atoms with Crippen LogP contribution in [0, 0.1) is 5.92 Å². The van der Waals surface area contributed by atoms with Gasteiger partial charge in [-0.1, -0.05) is 0 Å². The maximum absolute atomic E-state index is 12.5. The topological polar surface area (TPSA) is 50.6 Å². The molecule has 4 rings (SSSR count). The lowest BCUT2D eigenvalue weighted by Crippen LogP contribution is -2.53. The third-order valence-corrected chi connectivity index (χ3v) is 5.68. The summed E-state index contributed by atoms with van der Waals surface area (Å²) in [7, 11) is 1.90. The molecule has 0 spiro atoms. The molecule has 126 valence electrons. The fourth-order valence-corrected chi connectivity index (χ4v) is 4.51. The van der Waals surface area contributed by atoms with Gasteiger partial charge in [-0.25, -0.2) is 0 Å². The SMILES string of the molecule is Cn1cc(N2C(=O)CC[C@@H]3[C@H]2CCN3CC2CCOCC2)cn1. The Bertz CT molecular complexity index is 567. The number of carbonyl (C=O) groups is 1. The third kappa shape index (κ3) is 2.90. The smallest absolute Gasteiger partial charge is 0.227 e. The molecule has 23 heavy (non-hydrogen) atoms. The van der Waals surface area contributed by atoms with E-state index in [2.05, 4.69) is 10.00 Å². The number of fused-ring (bicyclic) bond motifs is 1. The molecule has 1 aromatic heterocycles. The lowest BCUT2D eigenvalue weighted by Gasteiger charge is -2.40. The number of piperidine rings is 1. The second kappa shape index (κ2) is 6.24.